The monoisotopic (exact) mass is 454 g/mol. The van der Waals surface area contributed by atoms with E-state index in [0.717, 1.165) is 60.4 Å². The lowest BCUT2D eigenvalue weighted by molar-refractivity contribution is 0.0398. The number of thiophene rings is 1. The van der Waals surface area contributed by atoms with Gasteiger partial charge in [0, 0.05) is 47.2 Å². The molecule has 4 rings (SSSR count). The van der Waals surface area contributed by atoms with Crippen molar-refractivity contribution in [2.75, 3.05) is 44.7 Å². The van der Waals surface area contributed by atoms with Crippen molar-refractivity contribution in [1.29, 1.82) is 5.26 Å². The fourth-order valence-electron chi connectivity index (χ4n) is 4.00. The first-order chi connectivity index (χ1) is 16.1. The van der Waals surface area contributed by atoms with E-state index in [9.17, 15) is 5.26 Å². The Morgan fingerprint density at radius 3 is 2.70 bits per heavy atom. The molecule has 2 heterocycles. The van der Waals surface area contributed by atoms with Crippen LogP contribution in [0.4, 0.5) is 5.69 Å². The molecule has 3 N–H and O–H groups in total. The number of rotatable bonds is 7. The lowest BCUT2D eigenvalue weighted by atomic mass is 9.86. The van der Waals surface area contributed by atoms with Gasteiger partial charge in [-0.1, -0.05) is 23.7 Å². The molecule has 1 fully saturated rings. The zero-order valence-corrected chi connectivity index (χ0v) is 19.6. The lowest BCUT2D eigenvalue weighted by Crippen LogP contribution is -2.38. The largest absolute Gasteiger partial charge is 0.405 e. The number of nitrogens with two attached hydrogens (primary N) is 1. The van der Waals surface area contributed by atoms with E-state index in [1.54, 1.807) is 18.3 Å². The quantitative estimate of drug-likeness (QED) is 0.311. The number of hydrogen-bond acceptors (Lipinski definition) is 6. The molecule has 0 spiro atoms. The minimum Gasteiger partial charge on any atom is -0.405 e. The molecule has 7 heteroatoms. The number of morpholine rings is 1. The van der Waals surface area contributed by atoms with Crippen molar-refractivity contribution in [1.82, 2.24) is 4.90 Å². The Morgan fingerprint density at radius 2 is 1.94 bits per heavy atom. The maximum Gasteiger partial charge on any atom is 0.116 e. The Hall–Kier alpha value is -3.05. The Balaban J connectivity index is 1.50. The molecular weight excluding hydrogens is 427 g/mol. The third-order valence-corrected chi connectivity index (χ3v) is 7.00. The van der Waals surface area contributed by atoms with Crippen molar-refractivity contribution in [3.05, 3.63) is 70.7 Å². The van der Waals surface area contributed by atoms with E-state index in [4.69, 9.17) is 18.3 Å². The summed E-state index contributed by atoms with van der Waals surface area (Å²) in [5, 5.41) is 15.3. The highest BCUT2D eigenvalue weighted by molar-refractivity contribution is 7.16. The smallest absolute Gasteiger partial charge is 0.116 e. The molecule has 0 unspecified atom stereocenters. The predicted molar refractivity (Wildman–Crippen MR) is 139 cm³/mol. The Bertz CT molecular complexity index is 1230. The average Bonchev–Trinajstić information content (AvgIpc) is 3.33. The molecule has 1 aliphatic rings. The highest BCUT2D eigenvalue weighted by Crippen LogP contribution is 2.36. The second-order valence-electron chi connectivity index (χ2n) is 8.06. The van der Waals surface area contributed by atoms with Gasteiger partial charge in [-0.3, -0.25) is 4.90 Å². The number of fused-ring (bicyclic) bond motifs is 1. The molecule has 0 aliphatic carbocycles. The summed E-state index contributed by atoms with van der Waals surface area (Å²) in [7, 11) is 6.06. The van der Waals surface area contributed by atoms with Crippen LogP contribution in [0.25, 0.3) is 26.8 Å². The van der Waals surface area contributed by atoms with Gasteiger partial charge < -0.3 is 15.8 Å². The second kappa shape index (κ2) is 10.7. The molecule has 5 nitrogen and oxygen atoms in total. The molecule has 166 valence electrons. The zero-order chi connectivity index (χ0) is 23.2. The lowest BCUT2D eigenvalue weighted by Gasteiger charge is -2.26. The van der Waals surface area contributed by atoms with Gasteiger partial charge in [-0.25, -0.2) is 0 Å². The summed E-state index contributed by atoms with van der Waals surface area (Å²) in [5.41, 5.74) is 9.55. The van der Waals surface area contributed by atoms with E-state index in [-0.39, 0.29) is 0 Å². The fourth-order valence-corrected chi connectivity index (χ4v) is 5.13. The summed E-state index contributed by atoms with van der Waals surface area (Å²) < 4.78 is 5.41. The molecule has 0 amide bonds. The summed E-state index contributed by atoms with van der Waals surface area (Å²) in [5.74, 6) is 0. The highest BCUT2D eigenvalue weighted by atomic mass is 32.1. The maximum atomic E-state index is 9.36. The van der Waals surface area contributed by atoms with Gasteiger partial charge in [0.05, 0.1) is 19.3 Å². The number of benzene rings is 2. The number of nitrogens with zero attached hydrogens (tertiary/aromatic N) is 2. The van der Waals surface area contributed by atoms with Crippen LogP contribution in [-0.2, 0) is 4.74 Å². The van der Waals surface area contributed by atoms with E-state index >= 15 is 0 Å². The van der Waals surface area contributed by atoms with E-state index in [1.807, 2.05) is 6.07 Å². The molecule has 3 aromatic rings. The van der Waals surface area contributed by atoms with E-state index in [0.29, 0.717) is 16.6 Å². The standard InChI is InChI=1S/C26H27BN4OS/c1-18(16-28)26(23(27)17-29)25-7-6-24(33-25)21-3-2-20-15-22(5-4-19(20)14-21)30-8-9-31-10-12-32-13-11-31/h2-7,14-15,17,30H,8-13,29H2,1H3/b23-17+,26-18-. The molecular formula is C26H27BN4OS. The summed E-state index contributed by atoms with van der Waals surface area (Å²) in [4.78, 5) is 4.48. The molecule has 0 atom stereocenters. The van der Waals surface area contributed by atoms with Crippen molar-refractivity contribution >= 4 is 41.2 Å². The van der Waals surface area contributed by atoms with Gasteiger partial charge in [0.25, 0.3) is 0 Å². The van der Waals surface area contributed by atoms with Crippen LogP contribution in [0.15, 0.2) is 65.8 Å². The van der Waals surface area contributed by atoms with E-state index in [2.05, 4.69) is 58.8 Å². The average molecular weight is 454 g/mol. The normalized spacial score (nSPS) is 15.8. The van der Waals surface area contributed by atoms with Crippen LogP contribution in [0.5, 0.6) is 0 Å². The fraction of sp³-hybridized carbons (Fsp3) is 0.269. The van der Waals surface area contributed by atoms with Gasteiger partial charge in [-0.15, -0.1) is 11.3 Å². The number of hydrogen-bond donors (Lipinski definition) is 2. The molecule has 1 aromatic heterocycles. The van der Waals surface area contributed by atoms with Gasteiger partial charge in [0.1, 0.15) is 7.85 Å². The predicted octanol–water partition coefficient (Wildman–Crippen LogP) is 4.58. The van der Waals surface area contributed by atoms with Gasteiger partial charge in [0.2, 0.25) is 0 Å². The van der Waals surface area contributed by atoms with Crippen molar-refractivity contribution in [3.63, 3.8) is 0 Å². The third-order valence-electron chi connectivity index (χ3n) is 5.85. The van der Waals surface area contributed by atoms with Gasteiger partial charge in [0.15, 0.2) is 0 Å². The van der Waals surface area contributed by atoms with Crippen LogP contribution in [0, 0.1) is 11.3 Å². The summed E-state index contributed by atoms with van der Waals surface area (Å²) in [6.45, 7) is 7.37. The van der Waals surface area contributed by atoms with Gasteiger partial charge in [-0.2, -0.15) is 5.26 Å². The number of allylic oxidation sites excluding steroid dienone is 3. The first-order valence-electron chi connectivity index (χ1n) is 11.1. The highest BCUT2D eigenvalue weighted by Gasteiger charge is 2.13. The molecule has 2 aromatic carbocycles. The molecule has 1 aliphatic heterocycles. The molecule has 0 saturated carbocycles. The minimum atomic E-state index is 0.412. The summed E-state index contributed by atoms with van der Waals surface area (Å²) in [6.07, 6.45) is 1.35. The second-order valence-corrected chi connectivity index (χ2v) is 9.14. The van der Waals surface area contributed by atoms with E-state index in [1.165, 1.54) is 17.0 Å². The molecule has 0 bridgehead atoms. The number of nitrogens with one attached hydrogen (secondary N) is 1. The van der Waals surface area contributed by atoms with Crippen molar-refractivity contribution in [2.45, 2.75) is 6.92 Å². The first kappa shape index (κ1) is 23.1. The topological polar surface area (TPSA) is 74.3 Å². The molecule has 33 heavy (non-hydrogen) atoms. The van der Waals surface area contributed by atoms with Gasteiger partial charge >= 0.3 is 0 Å². The third kappa shape index (κ3) is 5.48. The minimum absolute atomic E-state index is 0.412. The first-order valence-corrected chi connectivity index (χ1v) is 11.9. The van der Waals surface area contributed by atoms with Gasteiger partial charge in [-0.05, 0) is 65.4 Å². The van der Waals surface area contributed by atoms with Crippen LogP contribution < -0.4 is 11.1 Å². The summed E-state index contributed by atoms with van der Waals surface area (Å²) >= 11 is 1.61. The van der Waals surface area contributed by atoms with Crippen molar-refractivity contribution in [2.24, 2.45) is 5.73 Å². The molecule has 2 radical (unpaired) electrons. The van der Waals surface area contributed by atoms with Crippen molar-refractivity contribution in [3.8, 4) is 16.5 Å². The zero-order valence-electron chi connectivity index (χ0n) is 18.8. The van der Waals surface area contributed by atoms with E-state index < -0.39 is 0 Å². The number of nitriles is 1. The Labute approximate surface area is 200 Å². The summed E-state index contributed by atoms with van der Waals surface area (Å²) in [6, 6.07) is 19.2. The van der Waals surface area contributed by atoms with Crippen LogP contribution in [0.3, 0.4) is 0 Å². The van der Waals surface area contributed by atoms with Crippen LogP contribution in [0.2, 0.25) is 0 Å². The Morgan fingerprint density at radius 1 is 1.18 bits per heavy atom. The molecule has 1 saturated heterocycles. The van der Waals surface area contributed by atoms with Crippen LogP contribution in [-0.4, -0.2) is 52.1 Å². The Kier molecular flexibility index (Phi) is 7.51. The number of ether oxygens (including phenoxy) is 1. The SMILES string of the molecule is [B]C(=C/N)/C(=C(\C)C#N)c1ccc(-c2ccc3cc(NCCN4CCOCC4)ccc3c2)s1. The van der Waals surface area contributed by atoms with Crippen LogP contribution in [0.1, 0.15) is 11.8 Å². The maximum absolute atomic E-state index is 9.36. The number of anilines is 1. The van der Waals surface area contributed by atoms with Crippen LogP contribution >= 0.6 is 11.3 Å². The van der Waals surface area contributed by atoms with Crippen molar-refractivity contribution < 1.29 is 4.74 Å².